The van der Waals surface area contributed by atoms with E-state index in [1.807, 2.05) is 0 Å². The van der Waals surface area contributed by atoms with Gasteiger partial charge in [0.05, 0.1) is 6.61 Å². The van der Waals surface area contributed by atoms with Gasteiger partial charge in [0.25, 0.3) is 0 Å². The summed E-state index contributed by atoms with van der Waals surface area (Å²) in [5.74, 6) is 0.840. The molecule has 0 aliphatic carbocycles. The Morgan fingerprint density at radius 1 is 1.71 bits per heavy atom. The van der Waals surface area contributed by atoms with E-state index in [-0.39, 0.29) is 0 Å². The van der Waals surface area contributed by atoms with Gasteiger partial charge >= 0.3 is 0 Å². The summed E-state index contributed by atoms with van der Waals surface area (Å²) in [6.45, 7) is -0.404. The van der Waals surface area contributed by atoms with Gasteiger partial charge in [-0.15, -0.1) is 0 Å². The molecule has 1 N–H and O–H groups in total. The third kappa shape index (κ3) is 5.91. The summed E-state index contributed by atoms with van der Waals surface area (Å²) in [5, 5.41) is 7.97. The van der Waals surface area contributed by atoms with Crippen molar-refractivity contribution in [2.45, 2.75) is 0 Å². The molecule has 3 nitrogen and oxygen atoms in total. The zero-order valence-corrected chi connectivity index (χ0v) is 4.77. The summed E-state index contributed by atoms with van der Waals surface area (Å²) in [7, 11) is -3.05. The Balaban J connectivity index is 3.60. The third-order valence-electron chi connectivity index (χ3n) is 0.377. The van der Waals surface area contributed by atoms with Gasteiger partial charge < -0.3 is 5.11 Å². The number of rotatable bonds is 2. The lowest BCUT2D eigenvalue weighted by Gasteiger charge is -1.86. The van der Waals surface area contributed by atoms with E-state index in [4.69, 9.17) is 5.11 Å². The van der Waals surface area contributed by atoms with Crippen LogP contribution in [0.15, 0.2) is 0 Å². The second kappa shape index (κ2) is 2.28. The first-order valence-electron chi connectivity index (χ1n) is 1.70. The predicted molar refractivity (Wildman–Crippen MR) is 26.2 cm³/mol. The van der Waals surface area contributed by atoms with Crippen LogP contribution in [0.1, 0.15) is 0 Å². The van der Waals surface area contributed by atoms with Crippen molar-refractivity contribution in [2.24, 2.45) is 0 Å². The summed E-state index contributed by atoms with van der Waals surface area (Å²) in [4.78, 5) is 0. The molecule has 0 aromatic heterocycles. The predicted octanol–water partition coefficient (Wildman–Crippen LogP) is -0.815. The van der Waals surface area contributed by atoms with Gasteiger partial charge in [-0.25, -0.2) is 8.42 Å². The van der Waals surface area contributed by atoms with Gasteiger partial charge in [-0.2, -0.15) is 0 Å². The molecule has 0 aromatic carbocycles. The lowest BCUT2D eigenvalue weighted by molar-refractivity contribution is 0.335. The van der Waals surface area contributed by atoms with Crippen LogP contribution in [0.25, 0.3) is 0 Å². The molecule has 0 atom stereocenters. The van der Waals surface area contributed by atoms with E-state index < -0.39 is 16.4 Å². The molecule has 0 rings (SSSR count). The summed E-state index contributed by atoms with van der Waals surface area (Å²) in [6.07, 6.45) is 1.03. The molecule has 0 aliphatic heterocycles. The van der Waals surface area contributed by atoms with E-state index in [0.29, 0.717) is 0 Å². The topological polar surface area (TPSA) is 54.4 Å². The van der Waals surface area contributed by atoms with E-state index >= 15 is 0 Å². The number of hydrogen-bond acceptors (Lipinski definition) is 3. The Morgan fingerprint density at radius 2 is 2.14 bits per heavy atom. The maximum Gasteiger partial charge on any atom is 0.153 e. The second-order valence-corrected chi connectivity index (χ2v) is 3.17. The number of aliphatic hydroxyl groups excluding tert-OH is 1. The average Bonchev–Trinajstić information content (AvgIpc) is 1.30. The van der Waals surface area contributed by atoms with E-state index in [1.165, 1.54) is 0 Å². The highest BCUT2D eigenvalue weighted by Crippen LogP contribution is 1.84. The monoisotopic (exact) mass is 123 g/mol. The first kappa shape index (κ1) is 6.91. The summed E-state index contributed by atoms with van der Waals surface area (Å²) in [6, 6.07) is 0. The number of aliphatic hydroxyl groups is 1. The molecule has 0 spiro atoms. The maximum absolute atomic E-state index is 10.0. The summed E-state index contributed by atoms with van der Waals surface area (Å²) >= 11 is 0. The quantitative estimate of drug-likeness (QED) is 0.522. The SMILES string of the molecule is CS(=O)(=O)[CH]CO. The fourth-order valence-corrected chi connectivity index (χ4v) is 0.406. The molecule has 0 bridgehead atoms. The second-order valence-electron chi connectivity index (χ2n) is 1.18. The van der Waals surface area contributed by atoms with Crippen LogP contribution < -0.4 is 0 Å². The van der Waals surface area contributed by atoms with Gasteiger partial charge in [0, 0.05) is 6.26 Å². The highest BCUT2D eigenvalue weighted by atomic mass is 32.2. The van der Waals surface area contributed by atoms with Crippen molar-refractivity contribution in [3.8, 4) is 0 Å². The van der Waals surface area contributed by atoms with Crippen molar-refractivity contribution in [3.05, 3.63) is 5.75 Å². The van der Waals surface area contributed by atoms with Crippen molar-refractivity contribution in [1.82, 2.24) is 0 Å². The van der Waals surface area contributed by atoms with Gasteiger partial charge in [-0.05, 0) is 0 Å². The Bertz CT molecular complexity index is 123. The first-order chi connectivity index (χ1) is 3.06. The third-order valence-corrected chi connectivity index (χ3v) is 1.13. The maximum atomic E-state index is 10.0. The molecule has 4 heteroatoms. The molecule has 0 aromatic rings. The molecule has 43 valence electrons. The van der Waals surface area contributed by atoms with Gasteiger partial charge in [0.1, 0.15) is 5.75 Å². The molecule has 0 saturated carbocycles. The Labute approximate surface area is 42.9 Å². The van der Waals surface area contributed by atoms with Crippen molar-refractivity contribution in [2.75, 3.05) is 12.9 Å². The van der Waals surface area contributed by atoms with Crippen LogP contribution in [0.5, 0.6) is 0 Å². The minimum atomic E-state index is -3.05. The summed E-state index contributed by atoms with van der Waals surface area (Å²) < 4.78 is 20.0. The van der Waals surface area contributed by atoms with Gasteiger partial charge in [0.15, 0.2) is 9.84 Å². The van der Waals surface area contributed by atoms with Crippen LogP contribution in [-0.2, 0) is 9.84 Å². The minimum Gasteiger partial charge on any atom is -0.395 e. The van der Waals surface area contributed by atoms with Gasteiger partial charge in [-0.3, -0.25) is 0 Å². The highest BCUT2D eigenvalue weighted by molar-refractivity contribution is 7.92. The standard InChI is InChI=1S/C3H7O3S/c1-7(5,6)3-2-4/h3-4H,2H2,1H3. The molecular weight excluding hydrogens is 116 g/mol. The normalized spacial score (nSPS) is 11.7. The highest BCUT2D eigenvalue weighted by Gasteiger charge is 1.97. The zero-order chi connectivity index (χ0) is 5.91. The smallest absolute Gasteiger partial charge is 0.153 e. The average molecular weight is 123 g/mol. The van der Waals surface area contributed by atoms with Crippen molar-refractivity contribution >= 4 is 9.84 Å². The fraction of sp³-hybridized carbons (Fsp3) is 0.667. The molecule has 0 amide bonds. The van der Waals surface area contributed by atoms with Crippen molar-refractivity contribution in [1.29, 1.82) is 0 Å². The zero-order valence-electron chi connectivity index (χ0n) is 3.96. The van der Waals surface area contributed by atoms with Gasteiger partial charge in [-0.1, -0.05) is 0 Å². The Hall–Kier alpha value is -0.0900. The van der Waals surface area contributed by atoms with Crippen LogP contribution in [-0.4, -0.2) is 26.4 Å². The lowest BCUT2D eigenvalue weighted by atomic mass is 10.9. The first-order valence-corrected chi connectivity index (χ1v) is 3.66. The molecule has 1 radical (unpaired) electrons. The van der Waals surface area contributed by atoms with Crippen LogP contribution in [0.2, 0.25) is 0 Å². The minimum absolute atomic E-state index is 0.404. The molecule has 0 saturated heterocycles. The molecule has 0 unspecified atom stereocenters. The molecule has 0 heterocycles. The Kier molecular flexibility index (Phi) is 2.25. The largest absolute Gasteiger partial charge is 0.395 e. The van der Waals surface area contributed by atoms with Crippen LogP contribution in [0.3, 0.4) is 0 Å². The molecule has 0 fully saturated rings. The van der Waals surface area contributed by atoms with Crippen LogP contribution >= 0.6 is 0 Å². The van der Waals surface area contributed by atoms with E-state index in [0.717, 1.165) is 12.0 Å². The lowest BCUT2D eigenvalue weighted by Crippen LogP contribution is -1.98. The molecule has 7 heavy (non-hydrogen) atoms. The van der Waals surface area contributed by atoms with Crippen molar-refractivity contribution in [3.63, 3.8) is 0 Å². The summed E-state index contributed by atoms with van der Waals surface area (Å²) in [5.41, 5.74) is 0. The van der Waals surface area contributed by atoms with E-state index in [2.05, 4.69) is 0 Å². The van der Waals surface area contributed by atoms with Gasteiger partial charge in [0.2, 0.25) is 0 Å². The molecular formula is C3H7O3S. The van der Waals surface area contributed by atoms with Crippen LogP contribution in [0, 0.1) is 5.75 Å². The van der Waals surface area contributed by atoms with E-state index in [1.54, 1.807) is 0 Å². The van der Waals surface area contributed by atoms with Crippen molar-refractivity contribution < 1.29 is 13.5 Å². The molecule has 0 aliphatic rings. The van der Waals surface area contributed by atoms with E-state index in [9.17, 15) is 8.42 Å². The van der Waals surface area contributed by atoms with Crippen LogP contribution in [0.4, 0.5) is 0 Å². The Morgan fingerprint density at radius 3 is 2.14 bits per heavy atom. The fourth-order valence-electron chi connectivity index (χ4n) is 0.135. The number of sulfone groups is 1. The number of hydrogen-bond donors (Lipinski definition) is 1.